The SMILES string of the molecule is Cc1ccc(Nc2nc3cc(C(F)(F)F)ccc3s2)cc1. The van der Waals surface area contributed by atoms with E-state index in [4.69, 9.17) is 0 Å². The van der Waals surface area contributed by atoms with Gasteiger partial charge in [-0.3, -0.25) is 0 Å². The zero-order valence-electron chi connectivity index (χ0n) is 11.0. The number of rotatable bonds is 2. The number of aryl methyl sites for hydroxylation is 1. The van der Waals surface area contributed by atoms with Crippen LogP contribution in [-0.2, 0) is 6.18 Å². The van der Waals surface area contributed by atoms with E-state index in [1.165, 1.54) is 17.4 Å². The number of anilines is 2. The second-order valence-corrected chi connectivity index (χ2v) is 5.72. The fraction of sp³-hybridized carbons (Fsp3) is 0.133. The number of halogens is 3. The highest BCUT2D eigenvalue weighted by atomic mass is 32.1. The molecule has 6 heteroatoms. The lowest BCUT2D eigenvalue weighted by atomic mass is 10.2. The summed E-state index contributed by atoms with van der Waals surface area (Å²) in [5.74, 6) is 0. The van der Waals surface area contributed by atoms with E-state index in [1.807, 2.05) is 31.2 Å². The minimum Gasteiger partial charge on any atom is -0.332 e. The van der Waals surface area contributed by atoms with Crippen LogP contribution in [0.1, 0.15) is 11.1 Å². The Balaban J connectivity index is 1.92. The molecule has 0 unspecified atom stereocenters. The molecule has 0 radical (unpaired) electrons. The molecule has 1 aromatic heterocycles. The summed E-state index contributed by atoms with van der Waals surface area (Å²) in [7, 11) is 0. The first-order valence-corrected chi connectivity index (χ1v) is 7.05. The number of alkyl halides is 3. The lowest BCUT2D eigenvalue weighted by molar-refractivity contribution is -0.137. The van der Waals surface area contributed by atoms with Gasteiger partial charge in [0, 0.05) is 5.69 Å². The van der Waals surface area contributed by atoms with Gasteiger partial charge >= 0.3 is 6.18 Å². The second-order valence-electron chi connectivity index (χ2n) is 4.69. The minimum atomic E-state index is -4.34. The fourth-order valence-corrected chi connectivity index (χ4v) is 2.78. The summed E-state index contributed by atoms with van der Waals surface area (Å²) in [6.07, 6.45) is -4.34. The highest BCUT2D eigenvalue weighted by Crippen LogP contribution is 2.34. The van der Waals surface area contributed by atoms with Crippen LogP contribution in [0.25, 0.3) is 10.2 Å². The molecule has 0 aliphatic carbocycles. The number of nitrogens with one attached hydrogen (secondary N) is 1. The average molecular weight is 308 g/mol. The largest absolute Gasteiger partial charge is 0.416 e. The second kappa shape index (κ2) is 5.04. The van der Waals surface area contributed by atoms with Crippen molar-refractivity contribution in [2.75, 3.05) is 5.32 Å². The Morgan fingerprint density at radius 2 is 1.76 bits per heavy atom. The third-order valence-corrected chi connectivity index (χ3v) is 3.97. The molecule has 108 valence electrons. The molecule has 0 saturated heterocycles. The lowest BCUT2D eigenvalue weighted by Crippen LogP contribution is -2.03. The summed E-state index contributed by atoms with van der Waals surface area (Å²) >= 11 is 1.33. The first kappa shape index (κ1) is 13.9. The van der Waals surface area contributed by atoms with E-state index in [1.54, 1.807) is 0 Å². The van der Waals surface area contributed by atoms with Crippen molar-refractivity contribution < 1.29 is 13.2 Å². The molecule has 1 heterocycles. The molecule has 0 aliphatic heterocycles. The van der Waals surface area contributed by atoms with Gasteiger partial charge in [0.25, 0.3) is 0 Å². The summed E-state index contributed by atoms with van der Waals surface area (Å²) in [4.78, 5) is 4.21. The van der Waals surface area contributed by atoms with Crippen LogP contribution in [-0.4, -0.2) is 4.98 Å². The van der Waals surface area contributed by atoms with Crippen molar-refractivity contribution in [3.63, 3.8) is 0 Å². The molecule has 0 fully saturated rings. The molecule has 0 spiro atoms. The Labute approximate surface area is 123 Å². The molecular formula is C15H11F3N2S. The third-order valence-electron chi connectivity index (χ3n) is 3.02. The summed E-state index contributed by atoms with van der Waals surface area (Å²) in [6, 6.07) is 11.3. The van der Waals surface area contributed by atoms with Crippen LogP contribution in [0, 0.1) is 6.92 Å². The highest BCUT2D eigenvalue weighted by Gasteiger charge is 2.30. The number of hydrogen-bond donors (Lipinski definition) is 1. The van der Waals surface area contributed by atoms with Crippen molar-refractivity contribution in [3.05, 3.63) is 53.6 Å². The van der Waals surface area contributed by atoms with Crippen molar-refractivity contribution in [1.82, 2.24) is 4.98 Å². The Morgan fingerprint density at radius 3 is 2.43 bits per heavy atom. The van der Waals surface area contributed by atoms with Crippen molar-refractivity contribution in [3.8, 4) is 0 Å². The maximum Gasteiger partial charge on any atom is 0.416 e. The van der Waals surface area contributed by atoms with Gasteiger partial charge < -0.3 is 5.32 Å². The molecule has 0 atom stereocenters. The number of hydrogen-bond acceptors (Lipinski definition) is 3. The Morgan fingerprint density at radius 1 is 1.05 bits per heavy atom. The summed E-state index contributed by atoms with van der Waals surface area (Å²) in [5.41, 5.74) is 1.67. The molecule has 0 aliphatic rings. The quantitative estimate of drug-likeness (QED) is 0.688. The van der Waals surface area contributed by atoms with Crippen molar-refractivity contribution in [2.24, 2.45) is 0 Å². The standard InChI is InChI=1S/C15H11F3N2S/c1-9-2-5-11(6-3-9)19-14-20-12-8-10(15(16,17)18)4-7-13(12)21-14/h2-8H,1H3,(H,19,20). The van der Waals surface area contributed by atoms with Gasteiger partial charge in [0.1, 0.15) is 0 Å². The summed E-state index contributed by atoms with van der Waals surface area (Å²) < 4.78 is 38.7. The van der Waals surface area contributed by atoms with Gasteiger partial charge in [0.15, 0.2) is 5.13 Å². The monoisotopic (exact) mass is 308 g/mol. The predicted octanol–water partition coefficient (Wildman–Crippen LogP) is 5.37. The van der Waals surface area contributed by atoms with E-state index in [2.05, 4.69) is 10.3 Å². The van der Waals surface area contributed by atoms with Gasteiger partial charge in [-0.25, -0.2) is 4.98 Å². The van der Waals surface area contributed by atoms with Gasteiger partial charge in [0.05, 0.1) is 15.8 Å². The maximum absolute atomic E-state index is 12.7. The molecule has 0 bridgehead atoms. The van der Waals surface area contributed by atoms with Crippen LogP contribution in [0.2, 0.25) is 0 Å². The highest BCUT2D eigenvalue weighted by molar-refractivity contribution is 7.22. The Bertz CT molecular complexity index is 776. The smallest absolute Gasteiger partial charge is 0.332 e. The van der Waals surface area contributed by atoms with Crippen LogP contribution in [0.4, 0.5) is 24.0 Å². The number of nitrogens with zero attached hydrogens (tertiary/aromatic N) is 1. The van der Waals surface area contributed by atoms with Crippen LogP contribution >= 0.6 is 11.3 Å². The van der Waals surface area contributed by atoms with E-state index in [0.29, 0.717) is 10.6 Å². The minimum absolute atomic E-state index is 0.351. The molecular weight excluding hydrogens is 297 g/mol. The average Bonchev–Trinajstić information content (AvgIpc) is 2.81. The van der Waals surface area contributed by atoms with E-state index in [-0.39, 0.29) is 0 Å². The number of thiazole rings is 1. The zero-order chi connectivity index (χ0) is 15.0. The molecule has 1 N–H and O–H groups in total. The van der Waals surface area contributed by atoms with E-state index in [0.717, 1.165) is 28.1 Å². The molecule has 0 saturated carbocycles. The predicted molar refractivity (Wildman–Crippen MR) is 79.1 cm³/mol. The molecule has 2 aromatic carbocycles. The van der Waals surface area contributed by atoms with E-state index < -0.39 is 11.7 Å². The van der Waals surface area contributed by atoms with Crippen LogP contribution in [0.5, 0.6) is 0 Å². The van der Waals surface area contributed by atoms with Gasteiger partial charge in [-0.1, -0.05) is 29.0 Å². The van der Waals surface area contributed by atoms with Gasteiger partial charge in [-0.2, -0.15) is 13.2 Å². The first-order valence-electron chi connectivity index (χ1n) is 6.23. The lowest BCUT2D eigenvalue weighted by Gasteiger charge is -2.04. The van der Waals surface area contributed by atoms with Crippen molar-refractivity contribution in [2.45, 2.75) is 13.1 Å². The van der Waals surface area contributed by atoms with E-state index >= 15 is 0 Å². The van der Waals surface area contributed by atoms with E-state index in [9.17, 15) is 13.2 Å². The maximum atomic E-state index is 12.7. The number of fused-ring (bicyclic) bond motifs is 1. The van der Waals surface area contributed by atoms with Crippen LogP contribution in [0.3, 0.4) is 0 Å². The van der Waals surface area contributed by atoms with Crippen LogP contribution in [0.15, 0.2) is 42.5 Å². The molecule has 21 heavy (non-hydrogen) atoms. The topological polar surface area (TPSA) is 24.9 Å². The summed E-state index contributed by atoms with van der Waals surface area (Å²) in [5, 5.41) is 3.68. The zero-order valence-corrected chi connectivity index (χ0v) is 11.8. The number of aromatic nitrogens is 1. The fourth-order valence-electron chi connectivity index (χ4n) is 1.92. The van der Waals surface area contributed by atoms with Gasteiger partial charge in [-0.15, -0.1) is 0 Å². The molecule has 3 aromatic rings. The summed E-state index contributed by atoms with van der Waals surface area (Å²) in [6.45, 7) is 1.99. The van der Waals surface area contributed by atoms with Crippen LogP contribution < -0.4 is 5.32 Å². The van der Waals surface area contributed by atoms with Gasteiger partial charge in [0.2, 0.25) is 0 Å². The normalized spacial score (nSPS) is 11.8. The van der Waals surface area contributed by atoms with Crippen molar-refractivity contribution in [1.29, 1.82) is 0 Å². The van der Waals surface area contributed by atoms with Crippen molar-refractivity contribution >= 4 is 32.4 Å². The molecule has 3 rings (SSSR count). The number of benzene rings is 2. The Kier molecular flexibility index (Phi) is 3.33. The third kappa shape index (κ3) is 3.00. The first-order chi connectivity index (χ1) is 9.91. The van der Waals surface area contributed by atoms with Gasteiger partial charge in [-0.05, 0) is 37.3 Å². The molecule has 0 amide bonds. The Hall–Kier alpha value is -2.08. The molecule has 2 nitrogen and oxygen atoms in total.